The molecular formula is C19H18N3O4S-. The molecule has 2 aromatic heterocycles. The third-order valence-corrected chi connectivity index (χ3v) is 5.67. The van der Waals surface area contributed by atoms with Crippen LogP contribution >= 0.6 is 11.3 Å². The van der Waals surface area contributed by atoms with Crippen molar-refractivity contribution < 1.29 is 14.7 Å². The first-order valence-electron chi connectivity index (χ1n) is 8.30. The highest BCUT2D eigenvalue weighted by molar-refractivity contribution is 7.20. The summed E-state index contributed by atoms with van der Waals surface area (Å²) in [4.78, 5) is 41.4. The van der Waals surface area contributed by atoms with E-state index in [0.717, 1.165) is 27.0 Å². The molecule has 1 aromatic carbocycles. The normalized spacial score (nSPS) is 12.1. The zero-order chi connectivity index (χ0) is 19.9. The number of hydrogen-bond donors (Lipinski definition) is 1. The monoisotopic (exact) mass is 384 g/mol. The fraction of sp³-hybridized carbons (Fsp3) is 0.263. The van der Waals surface area contributed by atoms with E-state index in [1.165, 1.54) is 13.3 Å². The Morgan fingerprint density at radius 3 is 2.59 bits per heavy atom. The molecule has 3 aromatic rings. The fourth-order valence-electron chi connectivity index (χ4n) is 2.88. The van der Waals surface area contributed by atoms with E-state index in [4.69, 9.17) is 0 Å². The molecule has 7 nitrogen and oxygen atoms in total. The number of fused-ring (bicyclic) bond motifs is 1. The maximum Gasteiger partial charge on any atom is 0.266 e. The molecule has 0 fully saturated rings. The molecule has 3 rings (SSSR count). The lowest BCUT2D eigenvalue weighted by Gasteiger charge is -2.15. The van der Waals surface area contributed by atoms with Crippen LogP contribution in [0.4, 0.5) is 5.69 Å². The Kier molecular flexibility index (Phi) is 4.84. The summed E-state index contributed by atoms with van der Waals surface area (Å²) in [5.74, 6) is -1.71. The second kappa shape index (κ2) is 6.96. The van der Waals surface area contributed by atoms with Gasteiger partial charge in [0.2, 0.25) is 0 Å². The van der Waals surface area contributed by atoms with E-state index in [-0.39, 0.29) is 11.3 Å². The number of anilines is 1. The van der Waals surface area contributed by atoms with Gasteiger partial charge in [-0.05, 0) is 44.9 Å². The van der Waals surface area contributed by atoms with Crippen molar-refractivity contribution in [3.63, 3.8) is 0 Å². The summed E-state index contributed by atoms with van der Waals surface area (Å²) >= 11 is 1.10. The molecule has 27 heavy (non-hydrogen) atoms. The Balaban J connectivity index is 2.04. The van der Waals surface area contributed by atoms with Crippen molar-refractivity contribution in [2.45, 2.75) is 33.7 Å². The van der Waals surface area contributed by atoms with Crippen molar-refractivity contribution in [1.82, 2.24) is 9.55 Å². The van der Waals surface area contributed by atoms with E-state index in [1.54, 1.807) is 6.92 Å². The SMILES string of the molecule is Cc1ccc(NC(=O)c2sc3ncn([C@@H](C)C(=O)[O-])c(=O)c3c2C)c(C)c1. The van der Waals surface area contributed by atoms with Gasteiger partial charge < -0.3 is 15.2 Å². The Morgan fingerprint density at radius 1 is 1.26 bits per heavy atom. The molecule has 0 bridgehead atoms. The van der Waals surface area contributed by atoms with Gasteiger partial charge in [-0.2, -0.15) is 0 Å². The lowest BCUT2D eigenvalue weighted by atomic mass is 10.1. The van der Waals surface area contributed by atoms with Crippen molar-refractivity contribution in [3.8, 4) is 0 Å². The van der Waals surface area contributed by atoms with E-state index in [0.29, 0.717) is 21.0 Å². The molecule has 2 heterocycles. The van der Waals surface area contributed by atoms with Gasteiger partial charge in [-0.25, -0.2) is 4.98 Å². The molecule has 0 aliphatic rings. The molecule has 0 aliphatic carbocycles. The van der Waals surface area contributed by atoms with Crippen LogP contribution in [0.1, 0.15) is 39.3 Å². The van der Waals surface area contributed by atoms with E-state index in [9.17, 15) is 19.5 Å². The number of rotatable bonds is 4. The molecule has 0 spiro atoms. The van der Waals surface area contributed by atoms with Crippen LogP contribution in [0.25, 0.3) is 10.2 Å². The van der Waals surface area contributed by atoms with Gasteiger partial charge in [0, 0.05) is 5.69 Å². The minimum absolute atomic E-state index is 0.251. The van der Waals surface area contributed by atoms with Crippen LogP contribution in [0.3, 0.4) is 0 Å². The highest BCUT2D eigenvalue weighted by Crippen LogP contribution is 2.28. The minimum atomic E-state index is -1.38. The number of carboxylic acid groups (broad SMARTS) is 1. The van der Waals surface area contributed by atoms with Crippen molar-refractivity contribution in [2.24, 2.45) is 0 Å². The molecule has 0 saturated carbocycles. The van der Waals surface area contributed by atoms with Gasteiger partial charge in [0.25, 0.3) is 11.5 Å². The minimum Gasteiger partial charge on any atom is -0.548 e. The molecule has 1 atom stereocenters. The van der Waals surface area contributed by atoms with Gasteiger partial charge >= 0.3 is 0 Å². The number of amides is 1. The summed E-state index contributed by atoms with van der Waals surface area (Å²) in [5, 5.41) is 14.2. The Bertz CT molecular complexity index is 1130. The van der Waals surface area contributed by atoms with Gasteiger partial charge in [0.05, 0.1) is 28.6 Å². The molecule has 0 unspecified atom stereocenters. The smallest absolute Gasteiger partial charge is 0.266 e. The highest BCUT2D eigenvalue weighted by Gasteiger charge is 2.21. The molecule has 1 N–H and O–H groups in total. The van der Waals surface area contributed by atoms with Gasteiger partial charge in [-0.1, -0.05) is 17.7 Å². The van der Waals surface area contributed by atoms with Gasteiger partial charge in [0.1, 0.15) is 4.83 Å². The zero-order valence-corrected chi connectivity index (χ0v) is 16.1. The molecule has 0 saturated heterocycles. The van der Waals surface area contributed by atoms with E-state index in [2.05, 4.69) is 10.3 Å². The number of thiophene rings is 1. The lowest BCUT2D eigenvalue weighted by Crippen LogP contribution is -2.36. The van der Waals surface area contributed by atoms with Crippen LogP contribution in [-0.2, 0) is 4.79 Å². The zero-order valence-electron chi connectivity index (χ0n) is 15.3. The van der Waals surface area contributed by atoms with E-state index < -0.39 is 17.6 Å². The summed E-state index contributed by atoms with van der Waals surface area (Å²) in [6, 6.07) is 4.55. The number of benzene rings is 1. The van der Waals surface area contributed by atoms with Crippen LogP contribution in [0.5, 0.6) is 0 Å². The predicted molar refractivity (Wildman–Crippen MR) is 102 cm³/mol. The number of nitrogens with one attached hydrogen (secondary N) is 1. The Morgan fingerprint density at radius 2 is 1.96 bits per heavy atom. The second-order valence-corrected chi connectivity index (χ2v) is 7.46. The van der Waals surface area contributed by atoms with Crippen LogP contribution in [-0.4, -0.2) is 21.4 Å². The average Bonchev–Trinajstić information content (AvgIpc) is 2.94. The van der Waals surface area contributed by atoms with Crippen LogP contribution in [0.2, 0.25) is 0 Å². The number of hydrogen-bond acceptors (Lipinski definition) is 6. The summed E-state index contributed by atoms with van der Waals surface area (Å²) in [5.41, 5.74) is 2.70. The van der Waals surface area contributed by atoms with Crippen molar-refractivity contribution in [3.05, 3.63) is 56.4 Å². The quantitative estimate of drug-likeness (QED) is 0.740. The number of carbonyl (C=O) groups excluding carboxylic acids is 2. The number of nitrogens with zero attached hydrogens (tertiary/aromatic N) is 2. The van der Waals surface area contributed by atoms with Gasteiger partial charge in [-0.3, -0.25) is 14.2 Å². The summed E-state index contributed by atoms with van der Waals surface area (Å²) in [6.07, 6.45) is 1.17. The molecule has 140 valence electrons. The summed E-state index contributed by atoms with van der Waals surface area (Å²) < 4.78 is 1.00. The number of carbonyl (C=O) groups is 2. The Hall–Kier alpha value is -3.00. The topological polar surface area (TPSA) is 104 Å². The molecular weight excluding hydrogens is 366 g/mol. The number of aliphatic carboxylic acids is 1. The second-order valence-electron chi connectivity index (χ2n) is 6.46. The average molecular weight is 384 g/mol. The van der Waals surface area contributed by atoms with Crippen molar-refractivity contribution in [1.29, 1.82) is 0 Å². The summed E-state index contributed by atoms with van der Waals surface area (Å²) in [7, 11) is 0. The van der Waals surface area contributed by atoms with E-state index in [1.807, 2.05) is 32.0 Å². The third-order valence-electron chi connectivity index (χ3n) is 4.47. The third kappa shape index (κ3) is 3.35. The van der Waals surface area contributed by atoms with Gasteiger partial charge in [-0.15, -0.1) is 11.3 Å². The predicted octanol–water partition coefficient (Wildman–Crippen LogP) is 1.95. The standard InChI is InChI=1S/C19H19N3O4S/c1-9-5-6-13(10(2)7-9)21-16(23)15-11(3)14-17(27-15)20-8-22(18(14)24)12(4)19(25)26/h5-8,12H,1-4H3,(H,21,23)(H,25,26)/p-1/t12-/m0/s1. The van der Waals surface area contributed by atoms with Crippen LogP contribution < -0.4 is 16.0 Å². The highest BCUT2D eigenvalue weighted by atomic mass is 32.1. The lowest BCUT2D eigenvalue weighted by molar-refractivity contribution is -0.309. The maximum absolute atomic E-state index is 12.7. The Labute approximate surface area is 159 Å². The number of carboxylic acids is 1. The molecule has 0 radical (unpaired) electrons. The largest absolute Gasteiger partial charge is 0.548 e. The molecule has 8 heteroatoms. The fourth-order valence-corrected chi connectivity index (χ4v) is 3.91. The van der Waals surface area contributed by atoms with Crippen LogP contribution in [0.15, 0.2) is 29.3 Å². The first kappa shape index (κ1) is 18.8. The number of aromatic nitrogens is 2. The van der Waals surface area contributed by atoms with Gasteiger partial charge in [0.15, 0.2) is 0 Å². The van der Waals surface area contributed by atoms with Crippen LogP contribution in [0, 0.1) is 20.8 Å². The maximum atomic E-state index is 12.7. The molecule has 0 aliphatic heterocycles. The number of aryl methyl sites for hydroxylation is 3. The van der Waals surface area contributed by atoms with E-state index >= 15 is 0 Å². The first-order chi connectivity index (χ1) is 12.7. The molecule has 1 amide bonds. The van der Waals surface area contributed by atoms with Crippen molar-refractivity contribution >= 4 is 39.1 Å². The first-order valence-corrected chi connectivity index (χ1v) is 9.12. The van der Waals surface area contributed by atoms with Crippen molar-refractivity contribution in [2.75, 3.05) is 5.32 Å². The summed E-state index contributed by atoms with van der Waals surface area (Å²) in [6.45, 7) is 6.88.